The van der Waals surface area contributed by atoms with Crippen LogP contribution >= 0.6 is 0 Å². The number of benzene rings is 1. The summed E-state index contributed by atoms with van der Waals surface area (Å²) in [7, 11) is 0. The molecule has 0 amide bonds. The van der Waals surface area contributed by atoms with Crippen molar-refractivity contribution in [3.05, 3.63) is 42.0 Å². The molecule has 2 aliphatic rings. The van der Waals surface area contributed by atoms with Crippen LogP contribution in [-0.4, -0.2) is 53.8 Å². The van der Waals surface area contributed by atoms with Crippen LogP contribution in [-0.2, 0) is 20.4 Å². The number of hydrogen-bond acceptors (Lipinski definition) is 6. The first-order valence-corrected chi connectivity index (χ1v) is 12.7. The number of halogens is 3. The molecule has 9 heteroatoms. The minimum atomic E-state index is -4.47. The molecule has 2 N–H and O–H groups in total. The van der Waals surface area contributed by atoms with E-state index in [1.807, 2.05) is 13.8 Å². The normalized spacial score (nSPS) is 27.6. The highest BCUT2D eigenvalue weighted by Crippen LogP contribution is 2.42. The lowest BCUT2D eigenvalue weighted by Gasteiger charge is -2.21. The summed E-state index contributed by atoms with van der Waals surface area (Å²) < 4.78 is 55.2. The maximum atomic E-state index is 12.9. The van der Waals surface area contributed by atoms with Crippen molar-refractivity contribution in [1.29, 1.82) is 0 Å². The highest BCUT2D eigenvalue weighted by atomic mass is 19.4. The molecule has 1 aromatic carbocycles. The van der Waals surface area contributed by atoms with Crippen LogP contribution in [0.3, 0.4) is 0 Å². The average Bonchev–Trinajstić information content (AvgIpc) is 2.96. The van der Waals surface area contributed by atoms with Gasteiger partial charge in [0.25, 0.3) is 0 Å². The summed E-state index contributed by atoms with van der Waals surface area (Å²) in [5, 5.41) is 20.9. The second-order valence-electron chi connectivity index (χ2n) is 10.1. The van der Waals surface area contributed by atoms with Gasteiger partial charge in [0.15, 0.2) is 0 Å². The summed E-state index contributed by atoms with van der Waals surface area (Å²) in [4.78, 5) is 11.7. The van der Waals surface area contributed by atoms with Crippen LogP contribution in [0.25, 0.3) is 0 Å². The topological polar surface area (TPSA) is 85.2 Å². The first-order chi connectivity index (χ1) is 17.0. The summed E-state index contributed by atoms with van der Waals surface area (Å²) >= 11 is 0. The molecule has 1 aromatic rings. The predicted octanol–water partition coefficient (Wildman–Crippen LogP) is 4.92. The number of fused-ring (bicyclic) bond motifs is 1. The van der Waals surface area contributed by atoms with E-state index in [-0.39, 0.29) is 42.4 Å². The van der Waals surface area contributed by atoms with Crippen molar-refractivity contribution >= 4 is 5.97 Å². The van der Waals surface area contributed by atoms with Crippen LogP contribution in [0.5, 0.6) is 5.75 Å². The smallest absolute Gasteiger partial charge is 0.416 e. The largest absolute Gasteiger partial charge is 0.491 e. The van der Waals surface area contributed by atoms with Crippen molar-refractivity contribution < 1.29 is 42.4 Å². The molecule has 1 saturated carbocycles. The Labute approximate surface area is 210 Å². The van der Waals surface area contributed by atoms with E-state index < -0.39 is 23.9 Å². The monoisotopic (exact) mass is 514 g/mol. The number of esters is 1. The van der Waals surface area contributed by atoms with Crippen LogP contribution in [0.15, 0.2) is 36.4 Å². The minimum Gasteiger partial charge on any atom is -0.491 e. The number of carbonyl (C=O) groups is 1. The van der Waals surface area contributed by atoms with Crippen LogP contribution < -0.4 is 4.74 Å². The zero-order valence-electron chi connectivity index (χ0n) is 20.8. The number of ether oxygens (including phenoxy) is 3. The molecule has 0 bridgehead atoms. The molecule has 0 spiro atoms. The highest BCUT2D eigenvalue weighted by molar-refractivity contribution is 5.69. The molecule has 6 nitrogen and oxygen atoms in total. The standard InChI is InChI=1S/C27H37F3O6/c1-17(2)36-26(33)8-3-5-18-9-11-23-22(24(32)14-25(23)35-15-18)12-10-20(31)16-34-21-7-4-6-19(13-21)27(28,29)30/h4,6-7,10,12-13,17-18,20,22-25,31-32H,3,5,8-9,11,14-16H2,1-2H3/b12-10+/t18-,20+,22+,23+,24+,25-/m0/s1. The Morgan fingerprint density at radius 3 is 2.78 bits per heavy atom. The number of aliphatic hydroxyl groups is 2. The summed E-state index contributed by atoms with van der Waals surface area (Å²) in [6.45, 7) is 4.05. The first-order valence-electron chi connectivity index (χ1n) is 12.7. The third kappa shape index (κ3) is 8.49. The summed E-state index contributed by atoms with van der Waals surface area (Å²) in [6.07, 6.45) is 1.39. The van der Waals surface area contributed by atoms with Crippen molar-refractivity contribution in [3.8, 4) is 5.75 Å². The van der Waals surface area contributed by atoms with E-state index in [0.29, 0.717) is 25.4 Å². The zero-order chi connectivity index (χ0) is 26.3. The van der Waals surface area contributed by atoms with Crippen LogP contribution in [0, 0.1) is 17.8 Å². The third-order valence-corrected chi connectivity index (χ3v) is 6.84. The fourth-order valence-electron chi connectivity index (χ4n) is 5.06. The number of rotatable bonds is 10. The Kier molecular flexibility index (Phi) is 10.2. The van der Waals surface area contributed by atoms with Crippen molar-refractivity contribution in [3.63, 3.8) is 0 Å². The second-order valence-corrected chi connectivity index (χ2v) is 10.1. The number of carbonyl (C=O) groups excluding carboxylic acids is 1. The van der Waals surface area contributed by atoms with Crippen LogP contribution in [0.4, 0.5) is 13.2 Å². The summed E-state index contributed by atoms with van der Waals surface area (Å²) in [5.74, 6) is 0.122. The molecular weight excluding hydrogens is 477 g/mol. The van der Waals surface area contributed by atoms with Crippen molar-refractivity contribution in [2.75, 3.05) is 13.2 Å². The Bertz CT molecular complexity index is 871. The molecule has 1 aliphatic carbocycles. The van der Waals surface area contributed by atoms with E-state index in [1.165, 1.54) is 18.2 Å². The lowest BCUT2D eigenvalue weighted by atomic mass is 9.86. The van der Waals surface area contributed by atoms with E-state index in [9.17, 15) is 28.2 Å². The lowest BCUT2D eigenvalue weighted by Crippen LogP contribution is -2.22. The Morgan fingerprint density at radius 1 is 1.28 bits per heavy atom. The molecule has 36 heavy (non-hydrogen) atoms. The maximum absolute atomic E-state index is 12.9. The van der Waals surface area contributed by atoms with Gasteiger partial charge in [-0.3, -0.25) is 4.79 Å². The average molecular weight is 515 g/mol. The van der Waals surface area contributed by atoms with Crippen LogP contribution in [0.1, 0.15) is 57.9 Å². The quantitative estimate of drug-likeness (QED) is 0.341. The Hall–Kier alpha value is -2.10. The molecule has 6 atom stereocenters. The number of hydrogen-bond donors (Lipinski definition) is 2. The predicted molar refractivity (Wildman–Crippen MR) is 127 cm³/mol. The molecule has 3 rings (SSSR count). The molecule has 0 radical (unpaired) electrons. The van der Waals surface area contributed by atoms with Gasteiger partial charge in [-0.25, -0.2) is 0 Å². The van der Waals surface area contributed by atoms with Crippen molar-refractivity contribution in [2.45, 2.75) is 83.0 Å². The van der Waals surface area contributed by atoms with Crippen molar-refractivity contribution in [2.24, 2.45) is 17.8 Å². The lowest BCUT2D eigenvalue weighted by molar-refractivity contribution is -0.147. The first kappa shape index (κ1) is 28.5. The second kappa shape index (κ2) is 12.9. The zero-order valence-corrected chi connectivity index (χ0v) is 20.8. The van der Waals surface area contributed by atoms with Gasteiger partial charge < -0.3 is 24.4 Å². The molecular formula is C27H37F3O6. The van der Waals surface area contributed by atoms with E-state index >= 15 is 0 Å². The van der Waals surface area contributed by atoms with E-state index in [4.69, 9.17) is 14.2 Å². The molecule has 2 fully saturated rings. The maximum Gasteiger partial charge on any atom is 0.416 e. The van der Waals surface area contributed by atoms with Gasteiger partial charge in [-0.2, -0.15) is 13.2 Å². The Balaban J connectivity index is 1.47. The van der Waals surface area contributed by atoms with Gasteiger partial charge in [0.05, 0.1) is 23.9 Å². The van der Waals surface area contributed by atoms with E-state index in [1.54, 1.807) is 6.08 Å². The SMILES string of the molecule is CC(C)OC(=O)CCC[C@H]1CC[C@@H]2[C@@H](/C=C/[C@@H](O)COc3cccc(C(F)(F)F)c3)[C@H](O)C[C@@H]2OC1. The molecule has 202 valence electrons. The fourth-order valence-corrected chi connectivity index (χ4v) is 5.06. The van der Waals surface area contributed by atoms with Gasteiger partial charge in [-0.15, -0.1) is 0 Å². The number of alkyl halides is 3. The van der Waals surface area contributed by atoms with Crippen molar-refractivity contribution in [1.82, 2.24) is 0 Å². The van der Waals surface area contributed by atoms with Gasteiger partial charge >= 0.3 is 12.1 Å². The van der Waals surface area contributed by atoms with Gasteiger partial charge in [-0.05, 0) is 69.6 Å². The molecule has 0 unspecified atom stereocenters. The third-order valence-electron chi connectivity index (χ3n) is 6.84. The van der Waals surface area contributed by atoms with Gasteiger partial charge in [0.2, 0.25) is 0 Å². The van der Waals surface area contributed by atoms with Gasteiger partial charge in [-0.1, -0.05) is 18.2 Å². The van der Waals surface area contributed by atoms with E-state index in [2.05, 4.69) is 0 Å². The van der Waals surface area contributed by atoms with Gasteiger partial charge in [0.1, 0.15) is 18.5 Å². The Morgan fingerprint density at radius 2 is 2.06 bits per heavy atom. The molecule has 0 aromatic heterocycles. The summed E-state index contributed by atoms with van der Waals surface area (Å²) in [6, 6.07) is 4.52. The highest BCUT2D eigenvalue weighted by Gasteiger charge is 2.43. The fraction of sp³-hybridized carbons (Fsp3) is 0.667. The molecule has 1 heterocycles. The summed E-state index contributed by atoms with van der Waals surface area (Å²) in [5.41, 5.74) is -0.813. The molecule has 1 aliphatic heterocycles. The minimum absolute atomic E-state index is 0.0268. The van der Waals surface area contributed by atoms with Gasteiger partial charge in [0, 0.05) is 25.4 Å². The van der Waals surface area contributed by atoms with E-state index in [0.717, 1.165) is 37.8 Å². The van der Waals surface area contributed by atoms with Crippen LogP contribution in [0.2, 0.25) is 0 Å². The molecule has 1 saturated heterocycles. The number of aliphatic hydroxyl groups excluding tert-OH is 2.